The van der Waals surface area contributed by atoms with Crippen molar-refractivity contribution in [3.8, 4) is 0 Å². The largest absolute Gasteiger partial charge is 0.481 e. The van der Waals surface area contributed by atoms with Crippen LogP contribution in [-0.2, 0) is 15.0 Å². The molecule has 0 aliphatic carbocycles. The van der Waals surface area contributed by atoms with Crippen LogP contribution >= 0.6 is 0 Å². The van der Waals surface area contributed by atoms with Gasteiger partial charge in [0.05, 0.1) is 17.7 Å². The second-order valence-electron chi connectivity index (χ2n) is 5.91. The lowest BCUT2D eigenvalue weighted by molar-refractivity contribution is -0.136. The van der Waals surface area contributed by atoms with Gasteiger partial charge in [0.2, 0.25) is 0 Å². The first-order valence-electron chi connectivity index (χ1n) is 6.44. The van der Waals surface area contributed by atoms with Crippen LogP contribution in [0.25, 0.3) is 0 Å². The maximum absolute atomic E-state index is 12.0. The molecule has 1 N–H and O–H groups in total. The van der Waals surface area contributed by atoms with E-state index in [1.165, 1.54) is 4.90 Å². The summed E-state index contributed by atoms with van der Waals surface area (Å²) in [5.74, 6) is -2.20. The Balaban J connectivity index is 2.39. The quantitative estimate of drug-likeness (QED) is 0.856. The number of carboxylic acids is 1. The lowest BCUT2D eigenvalue weighted by atomic mass is 9.86. The number of carbonyl (C=O) groups excluding carboxylic acids is 2. The lowest BCUT2D eigenvalue weighted by Gasteiger charge is -2.20. The summed E-state index contributed by atoms with van der Waals surface area (Å²) in [7, 11) is 0. The highest BCUT2D eigenvalue weighted by Gasteiger charge is 2.36. The molecule has 1 amide bonds. The van der Waals surface area contributed by atoms with Crippen molar-refractivity contribution in [1.29, 1.82) is 0 Å². The molecule has 0 atom stereocenters. The number of nitrogens with zero attached hydrogens (tertiary/aromatic N) is 1. The van der Waals surface area contributed by atoms with E-state index in [0.717, 1.165) is 5.56 Å². The number of aliphatic carboxylic acids is 1. The molecule has 0 unspecified atom stereocenters. The van der Waals surface area contributed by atoms with Gasteiger partial charge in [-0.3, -0.25) is 14.4 Å². The number of hydrogen-bond acceptors (Lipinski definition) is 3. The van der Waals surface area contributed by atoms with Gasteiger partial charge in [-0.05, 0) is 23.1 Å². The first-order valence-corrected chi connectivity index (χ1v) is 6.44. The summed E-state index contributed by atoms with van der Waals surface area (Å²) in [6.45, 7) is 6.09. The summed E-state index contributed by atoms with van der Waals surface area (Å²) in [6, 6.07) is 5.33. The smallest absolute Gasteiger partial charge is 0.305 e. The van der Waals surface area contributed by atoms with Crippen LogP contribution < -0.4 is 4.90 Å². The number of hydrogen-bond donors (Lipinski definition) is 1. The van der Waals surface area contributed by atoms with E-state index >= 15 is 0 Å². The van der Waals surface area contributed by atoms with Crippen molar-refractivity contribution < 1.29 is 19.5 Å². The molecule has 0 saturated carbocycles. The van der Waals surface area contributed by atoms with Gasteiger partial charge in [-0.1, -0.05) is 26.8 Å². The van der Waals surface area contributed by atoms with E-state index in [9.17, 15) is 14.4 Å². The Kier molecular flexibility index (Phi) is 3.38. The molecule has 1 aromatic carbocycles. The third-order valence-corrected chi connectivity index (χ3v) is 3.39. The van der Waals surface area contributed by atoms with Crippen LogP contribution in [0.2, 0.25) is 0 Å². The van der Waals surface area contributed by atoms with Crippen molar-refractivity contribution in [1.82, 2.24) is 0 Å². The lowest BCUT2D eigenvalue weighted by Crippen LogP contribution is -2.31. The number of Topliss-reactive ketones (excluding diaryl/α,β-unsaturated/α-hetero) is 1. The highest BCUT2D eigenvalue weighted by molar-refractivity contribution is 6.52. The third kappa shape index (κ3) is 2.43. The molecule has 1 heterocycles. The number of rotatable bonds is 3. The van der Waals surface area contributed by atoms with E-state index < -0.39 is 17.7 Å². The standard InChI is InChI=1S/C15H17NO4/c1-15(2,3)9-4-5-11-10(8-9)13(19)14(20)16(11)7-6-12(17)18/h4-5,8H,6-7H2,1-3H3,(H,17,18). The predicted octanol–water partition coefficient (Wildman–Crippen LogP) is 1.99. The average molecular weight is 275 g/mol. The molecule has 0 fully saturated rings. The minimum atomic E-state index is -0.995. The van der Waals surface area contributed by atoms with Crippen molar-refractivity contribution in [2.24, 2.45) is 0 Å². The van der Waals surface area contributed by atoms with E-state index in [0.29, 0.717) is 11.3 Å². The Hall–Kier alpha value is -2.17. The van der Waals surface area contributed by atoms with E-state index in [1.54, 1.807) is 12.1 Å². The normalized spacial score (nSPS) is 14.7. The molecule has 1 aliphatic heterocycles. The Morgan fingerprint density at radius 2 is 1.90 bits per heavy atom. The topological polar surface area (TPSA) is 74.7 Å². The minimum Gasteiger partial charge on any atom is -0.481 e. The van der Waals surface area contributed by atoms with Gasteiger partial charge in [-0.2, -0.15) is 0 Å². The Bertz CT molecular complexity index is 598. The molecule has 2 rings (SSSR count). The van der Waals surface area contributed by atoms with Gasteiger partial charge < -0.3 is 10.0 Å². The number of ketones is 1. The van der Waals surface area contributed by atoms with Crippen molar-refractivity contribution >= 4 is 23.3 Å². The van der Waals surface area contributed by atoms with Gasteiger partial charge in [0, 0.05) is 6.54 Å². The first-order chi connectivity index (χ1) is 9.21. The monoisotopic (exact) mass is 275 g/mol. The van der Waals surface area contributed by atoms with Crippen LogP contribution in [0.15, 0.2) is 18.2 Å². The molecule has 20 heavy (non-hydrogen) atoms. The molecular weight excluding hydrogens is 258 g/mol. The van der Waals surface area contributed by atoms with Crippen molar-refractivity contribution in [3.63, 3.8) is 0 Å². The summed E-state index contributed by atoms with van der Waals surface area (Å²) in [5, 5.41) is 8.70. The number of fused-ring (bicyclic) bond motifs is 1. The summed E-state index contributed by atoms with van der Waals surface area (Å²) in [6.07, 6.45) is -0.181. The maximum atomic E-state index is 12.0. The third-order valence-electron chi connectivity index (χ3n) is 3.39. The molecule has 5 heteroatoms. The zero-order valence-electron chi connectivity index (χ0n) is 11.8. The van der Waals surface area contributed by atoms with Gasteiger partial charge in [0.25, 0.3) is 11.7 Å². The number of carboxylic acid groups (broad SMARTS) is 1. The average Bonchev–Trinajstić information content (AvgIpc) is 2.58. The Labute approximate surface area is 117 Å². The van der Waals surface area contributed by atoms with Crippen LogP contribution in [0.1, 0.15) is 43.1 Å². The van der Waals surface area contributed by atoms with E-state index in [-0.39, 0.29) is 18.4 Å². The molecule has 0 radical (unpaired) electrons. The number of anilines is 1. The van der Waals surface area contributed by atoms with Crippen LogP contribution in [0.3, 0.4) is 0 Å². The van der Waals surface area contributed by atoms with Crippen LogP contribution in [-0.4, -0.2) is 29.3 Å². The Morgan fingerprint density at radius 3 is 2.45 bits per heavy atom. The van der Waals surface area contributed by atoms with E-state index in [1.807, 2.05) is 26.8 Å². The molecular formula is C15H17NO4. The molecule has 1 aromatic rings. The maximum Gasteiger partial charge on any atom is 0.305 e. The summed E-state index contributed by atoms with van der Waals surface area (Å²) in [4.78, 5) is 35.8. The highest BCUT2D eigenvalue weighted by atomic mass is 16.4. The first kappa shape index (κ1) is 14.2. The molecule has 5 nitrogen and oxygen atoms in total. The molecule has 0 aromatic heterocycles. The van der Waals surface area contributed by atoms with Gasteiger partial charge in [0.1, 0.15) is 0 Å². The highest BCUT2D eigenvalue weighted by Crippen LogP contribution is 2.33. The molecule has 0 saturated heterocycles. The van der Waals surface area contributed by atoms with Gasteiger partial charge in [0.15, 0.2) is 0 Å². The van der Waals surface area contributed by atoms with Crippen LogP contribution in [0.5, 0.6) is 0 Å². The van der Waals surface area contributed by atoms with E-state index in [4.69, 9.17) is 5.11 Å². The molecule has 1 aliphatic rings. The number of amides is 1. The van der Waals surface area contributed by atoms with E-state index in [2.05, 4.69) is 0 Å². The summed E-state index contributed by atoms with van der Waals surface area (Å²) < 4.78 is 0. The Morgan fingerprint density at radius 1 is 1.25 bits per heavy atom. The van der Waals surface area contributed by atoms with Crippen molar-refractivity contribution in [2.45, 2.75) is 32.6 Å². The predicted molar refractivity (Wildman–Crippen MR) is 74.1 cm³/mol. The van der Waals surface area contributed by atoms with Gasteiger partial charge in [-0.15, -0.1) is 0 Å². The van der Waals surface area contributed by atoms with Gasteiger partial charge in [-0.25, -0.2) is 0 Å². The SMILES string of the molecule is CC(C)(C)c1ccc2c(c1)C(=O)C(=O)N2CCC(=O)O. The fourth-order valence-corrected chi connectivity index (χ4v) is 2.20. The second-order valence-corrected chi connectivity index (χ2v) is 5.91. The van der Waals surface area contributed by atoms with Crippen LogP contribution in [0, 0.1) is 0 Å². The molecule has 0 bridgehead atoms. The zero-order chi connectivity index (χ0) is 15.1. The number of carbonyl (C=O) groups is 3. The second kappa shape index (κ2) is 4.74. The van der Waals surface area contributed by atoms with Crippen molar-refractivity contribution in [3.05, 3.63) is 29.3 Å². The zero-order valence-corrected chi connectivity index (χ0v) is 11.8. The fourth-order valence-electron chi connectivity index (χ4n) is 2.20. The summed E-state index contributed by atoms with van der Waals surface area (Å²) in [5.41, 5.74) is 1.73. The van der Waals surface area contributed by atoms with Crippen molar-refractivity contribution in [2.75, 3.05) is 11.4 Å². The van der Waals surface area contributed by atoms with Gasteiger partial charge >= 0.3 is 5.97 Å². The molecule has 0 spiro atoms. The summed E-state index contributed by atoms with van der Waals surface area (Å²) >= 11 is 0. The fraction of sp³-hybridized carbons (Fsp3) is 0.400. The number of benzene rings is 1. The minimum absolute atomic E-state index is 0.0156. The molecule has 106 valence electrons. The van der Waals surface area contributed by atoms with Crippen LogP contribution in [0.4, 0.5) is 5.69 Å².